The van der Waals surface area contributed by atoms with E-state index < -0.39 is 13.1 Å². The summed E-state index contributed by atoms with van der Waals surface area (Å²) >= 11 is 0. The highest BCUT2D eigenvalue weighted by atomic mass is 31.2. The largest absolute Gasteiger partial charge is 0.401 e. The molecule has 1 saturated heterocycles. The Hall–Kier alpha value is -0.960. The number of carbonyl (C=O) groups excluding carboxylic acids is 1. The summed E-state index contributed by atoms with van der Waals surface area (Å²) in [4.78, 5) is 12.2. The van der Waals surface area contributed by atoms with Crippen LogP contribution in [-0.4, -0.2) is 18.7 Å². The van der Waals surface area contributed by atoms with Gasteiger partial charge in [0.1, 0.15) is 0 Å². The topological polar surface area (TPSA) is 52.6 Å². The van der Waals surface area contributed by atoms with Crippen LogP contribution in [0.4, 0.5) is 0 Å². The summed E-state index contributed by atoms with van der Waals surface area (Å²) in [6, 6.07) is 8.49. The van der Waals surface area contributed by atoms with Gasteiger partial charge in [0, 0.05) is 11.0 Å². The van der Waals surface area contributed by atoms with Gasteiger partial charge in [0.15, 0.2) is 0 Å². The quantitative estimate of drug-likeness (QED) is 0.786. The van der Waals surface area contributed by atoms with Crippen molar-refractivity contribution in [2.45, 2.75) is 26.7 Å². The molecule has 104 valence electrons. The zero-order valence-corrected chi connectivity index (χ0v) is 12.2. The van der Waals surface area contributed by atoms with E-state index in [2.05, 4.69) is 6.92 Å². The molecule has 1 aliphatic heterocycles. The molecule has 0 N–H and O–H groups in total. The molecule has 1 fully saturated rings. The van der Waals surface area contributed by atoms with Crippen LogP contribution in [0, 0.1) is 5.41 Å². The van der Waals surface area contributed by atoms with Gasteiger partial charge in [-0.1, -0.05) is 50.6 Å². The lowest BCUT2D eigenvalue weighted by Gasteiger charge is -2.36. The number of hydrogen-bond acceptors (Lipinski definition) is 4. The Balaban J connectivity index is 2.10. The maximum Gasteiger partial charge on any atom is 0.401 e. The summed E-state index contributed by atoms with van der Waals surface area (Å²) in [6.45, 7) is 4.70. The molecular weight excluding hydrogens is 263 g/mol. The van der Waals surface area contributed by atoms with Crippen molar-refractivity contribution in [1.82, 2.24) is 0 Å². The van der Waals surface area contributed by atoms with Crippen LogP contribution in [0.15, 0.2) is 30.3 Å². The minimum atomic E-state index is -3.67. The first-order valence-electron chi connectivity index (χ1n) is 6.48. The summed E-state index contributed by atoms with van der Waals surface area (Å²) in [5.41, 5.74) is -0.337. The zero-order chi connectivity index (χ0) is 13.9. The number of benzene rings is 1. The van der Waals surface area contributed by atoms with Crippen molar-refractivity contribution < 1.29 is 18.4 Å². The molecule has 0 amide bonds. The van der Waals surface area contributed by atoms with Crippen molar-refractivity contribution in [3.8, 4) is 0 Å². The molecule has 1 aromatic carbocycles. The second kappa shape index (κ2) is 5.58. The first-order valence-corrected chi connectivity index (χ1v) is 8.02. The van der Waals surface area contributed by atoms with Crippen LogP contribution < -0.4 is 0 Å². The Morgan fingerprint density at radius 3 is 2.37 bits per heavy atom. The van der Waals surface area contributed by atoms with Crippen LogP contribution in [0.5, 0.6) is 0 Å². The van der Waals surface area contributed by atoms with Crippen molar-refractivity contribution in [3.63, 3.8) is 0 Å². The lowest BCUT2D eigenvalue weighted by molar-refractivity contribution is 0.0225. The molecule has 0 bridgehead atoms. The molecule has 0 unspecified atom stereocenters. The van der Waals surface area contributed by atoms with E-state index >= 15 is 0 Å². The minimum Gasteiger partial charge on any atom is -0.302 e. The zero-order valence-electron chi connectivity index (χ0n) is 11.3. The second-order valence-corrected chi connectivity index (χ2v) is 7.19. The van der Waals surface area contributed by atoms with E-state index in [1.165, 1.54) is 0 Å². The van der Waals surface area contributed by atoms with Crippen molar-refractivity contribution >= 4 is 13.1 Å². The smallest absolute Gasteiger partial charge is 0.302 e. The fraction of sp³-hybridized carbons (Fsp3) is 0.500. The third kappa shape index (κ3) is 3.14. The van der Waals surface area contributed by atoms with Gasteiger partial charge in [-0.25, -0.2) is 0 Å². The molecule has 2 rings (SSSR count). The van der Waals surface area contributed by atoms with Gasteiger partial charge in [-0.3, -0.25) is 9.36 Å². The van der Waals surface area contributed by atoms with Gasteiger partial charge in [0.2, 0.25) is 0 Å². The SMILES string of the molecule is CCCC1(C)COP(=O)(C(=O)c2ccccc2)OC1. The van der Waals surface area contributed by atoms with E-state index in [1.807, 2.05) is 6.92 Å². The lowest BCUT2D eigenvalue weighted by Crippen LogP contribution is -2.33. The third-order valence-electron chi connectivity index (χ3n) is 3.29. The summed E-state index contributed by atoms with van der Waals surface area (Å²) < 4.78 is 23.1. The molecule has 19 heavy (non-hydrogen) atoms. The second-order valence-electron chi connectivity index (χ2n) is 5.28. The average Bonchev–Trinajstić information content (AvgIpc) is 2.43. The van der Waals surface area contributed by atoms with Gasteiger partial charge in [-0.05, 0) is 6.42 Å². The van der Waals surface area contributed by atoms with Crippen LogP contribution in [0.3, 0.4) is 0 Å². The van der Waals surface area contributed by atoms with E-state index in [0.717, 1.165) is 12.8 Å². The fourth-order valence-corrected chi connectivity index (χ4v) is 3.90. The van der Waals surface area contributed by atoms with E-state index in [9.17, 15) is 9.36 Å². The molecule has 4 nitrogen and oxygen atoms in total. The van der Waals surface area contributed by atoms with Gasteiger partial charge in [-0.15, -0.1) is 0 Å². The molecule has 0 saturated carbocycles. The molecule has 1 heterocycles. The van der Waals surface area contributed by atoms with Crippen LogP contribution in [-0.2, 0) is 13.6 Å². The van der Waals surface area contributed by atoms with Gasteiger partial charge in [0.25, 0.3) is 5.52 Å². The van der Waals surface area contributed by atoms with E-state index in [4.69, 9.17) is 9.05 Å². The molecule has 1 aliphatic rings. The Kier molecular flexibility index (Phi) is 4.24. The van der Waals surface area contributed by atoms with Gasteiger partial charge >= 0.3 is 7.60 Å². The monoisotopic (exact) mass is 282 g/mol. The number of rotatable bonds is 4. The molecule has 0 atom stereocenters. The minimum absolute atomic E-state index is 0.153. The summed E-state index contributed by atoms with van der Waals surface area (Å²) in [6.07, 6.45) is 1.92. The third-order valence-corrected chi connectivity index (χ3v) is 4.98. The van der Waals surface area contributed by atoms with Crippen molar-refractivity contribution in [2.75, 3.05) is 13.2 Å². The van der Waals surface area contributed by atoms with Crippen LogP contribution in [0.2, 0.25) is 0 Å². The van der Waals surface area contributed by atoms with Crippen LogP contribution in [0.25, 0.3) is 0 Å². The summed E-state index contributed by atoms with van der Waals surface area (Å²) in [5.74, 6) is 0. The van der Waals surface area contributed by atoms with Crippen LogP contribution in [0.1, 0.15) is 37.0 Å². The van der Waals surface area contributed by atoms with E-state index in [1.54, 1.807) is 30.3 Å². The highest BCUT2D eigenvalue weighted by Gasteiger charge is 2.44. The van der Waals surface area contributed by atoms with Crippen molar-refractivity contribution in [2.24, 2.45) is 5.41 Å². The van der Waals surface area contributed by atoms with Crippen LogP contribution >= 0.6 is 7.60 Å². The molecule has 5 heteroatoms. The molecule has 0 radical (unpaired) electrons. The van der Waals surface area contributed by atoms with Crippen molar-refractivity contribution in [3.05, 3.63) is 35.9 Å². The number of hydrogen-bond donors (Lipinski definition) is 0. The number of carbonyl (C=O) groups is 1. The van der Waals surface area contributed by atoms with E-state index in [0.29, 0.717) is 18.8 Å². The van der Waals surface area contributed by atoms with Gasteiger partial charge in [-0.2, -0.15) is 0 Å². The van der Waals surface area contributed by atoms with Gasteiger partial charge in [0.05, 0.1) is 13.2 Å². The predicted octanol–water partition coefficient (Wildman–Crippen LogP) is 3.87. The summed E-state index contributed by atoms with van der Waals surface area (Å²) in [5, 5.41) is 0. The predicted molar refractivity (Wildman–Crippen MR) is 73.3 cm³/mol. The first-order chi connectivity index (χ1) is 8.99. The maximum atomic E-state index is 12.4. The Morgan fingerprint density at radius 1 is 1.26 bits per heavy atom. The Bertz CT molecular complexity index is 485. The fourth-order valence-electron chi connectivity index (χ4n) is 2.16. The highest BCUT2D eigenvalue weighted by Crippen LogP contribution is 2.56. The molecular formula is C14H19O4P. The maximum absolute atomic E-state index is 12.4. The highest BCUT2D eigenvalue weighted by molar-refractivity contribution is 7.72. The standard InChI is InChI=1S/C14H19O4P/c1-3-9-14(2)10-17-19(16,18-11-14)13(15)12-7-5-4-6-8-12/h4-8H,3,9-11H2,1-2H3. The van der Waals surface area contributed by atoms with E-state index in [-0.39, 0.29) is 5.41 Å². The van der Waals surface area contributed by atoms with Gasteiger partial charge < -0.3 is 9.05 Å². The van der Waals surface area contributed by atoms with Crippen molar-refractivity contribution in [1.29, 1.82) is 0 Å². The normalized spacial score (nSPS) is 31.1. The Labute approximate surface area is 113 Å². The Morgan fingerprint density at radius 2 is 1.84 bits per heavy atom. The molecule has 0 spiro atoms. The first kappa shape index (κ1) is 14.4. The lowest BCUT2D eigenvalue weighted by atomic mass is 9.88. The summed E-state index contributed by atoms with van der Waals surface area (Å²) in [7, 11) is -3.67. The molecule has 0 aromatic heterocycles. The molecule has 0 aliphatic carbocycles. The molecule has 1 aromatic rings. The average molecular weight is 282 g/mol.